The molecule has 1 aromatic carbocycles. The first-order valence-electron chi connectivity index (χ1n) is 8.33. The van der Waals surface area contributed by atoms with Gasteiger partial charge in [-0.2, -0.15) is 0 Å². The molecule has 2 atom stereocenters. The third-order valence-electron chi connectivity index (χ3n) is 4.55. The van der Waals surface area contributed by atoms with Gasteiger partial charge in [-0.05, 0) is 44.5 Å². The first-order valence-corrected chi connectivity index (χ1v) is 9.32. The molecule has 2 fully saturated rings. The van der Waals surface area contributed by atoms with E-state index in [4.69, 9.17) is 9.47 Å². The van der Waals surface area contributed by atoms with Gasteiger partial charge in [-0.25, -0.2) is 4.79 Å². The van der Waals surface area contributed by atoms with Gasteiger partial charge in [-0.3, -0.25) is 9.59 Å². The molecule has 1 aromatic rings. The normalized spacial score (nSPS) is 25.0. The predicted octanol–water partition coefficient (Wildman–Crippen LogP) is 2.27. The van der Waals surface area contributed by atoms with Gasteiger partial charge in [0.25, 0.3) is 0 Å². The maximum absolute atomic E-state index is 12.3. The van der Waals surface area contributed by atoms with Crippen molar-refractivity contribution >= 4 is 29.4 Å². The molecule has 25 heavy (non-hydrogen) atoms. The number of ether oxygens (including phenoxy) is 2. The van der Waals surface area contributed by atoms with Crippen molar-refractivity contribution in [3.05, 3.63) is 29.8 Å². The Balaban J connectivity index is 1.57. The second-order valence-corrected chi connectivity index (χ2v) is 7.76. The van der Waals surface area contributed by atoms with Crippen LogP contribution in [0.1, 0.15) is 37.0 Å². The van der Waals surface area contributed by atoms with E-state index in [9.17, 15) is 14.4 Å². The van der Waals surface area contributed by atoms with E-state index >= 15 is 0 Å². The SMILES string of the molecule is CCOc1ccc(C(=O)COC(=O)[C@H]2CS[C@@]3(C)CCC(=O)N23)cc1. The molecular formula is C18H21NO5S. The summed E-state index contributed by atoms with van der Waals surface area (Å²) in [4.78, 5) is 37.9. The molecule has 3 rings (SSSR count). The van der Waals surface area contributed by atoms with Gasteiger partial charge in [0.05, 0.1) is 11.5 Å². The van der Waals surface area contributed by atoms with Crippen molar-refractivity contribution in [1.82, 2.24) is 4.90 Å². The second kappa shape index (κ2) is 7.07. The van der Waals surface area contributed by atoms with Crippen molar-refractivity contribution in [2.24, 2.45) is 0 Å². The lowest BCUT2D eigenvalue weighted by molar-refractivity contribution is -0.152. The van der Waals surface area contributed by atoms with Crippen molar-refractivity contribution in [3.8, 4) is 5.75 Å². The molecule has 0 unspecified atom stereocenters. The number of amides is 1. The number of benzene rings is 1. The summed E-state index contributed by atoms with van der Waals surface area (Å²) in [5, 5.41) is 0. The Morgan fingerprint density at radius 3 is 2.72 bits per heavy atom. The molecule has 6 nitrogen and oxygen atoms in total. The summed E-state index contributed by atoms with van der Waals surface area (Å²) in [6.45, 7) is 4.09. The van der Waals surface area contributed by atoms with Gasteiger partial charge in [0, 0.05) is 17.7 Å². The fourth-order valence-electron chi connectivity index (χ4n) is 3.22. The Morgan fingerprint density at radius 1 is 1.32 bits per heavy atom. The van der Waals surface area contributed by atoms with Crippen molar-refractivity contribution in [2.45, 2.75) is 37.6 Å². The first-order chi connectivity index (χ1) is 11.9. The van der Waals surface area contributed by atoms with Crippen LogP contribution >= 0.6 is 11.8 Å². The van der Waals surface area contributed by atoms with E-state index in [0.717, 1.165) is 6.42 Å². The number of thioether (sulfide) groups is 1. The minimum absolute atomic E-state index is 0.0210. The maximum Gasteiger partial charge on any atom is 0.330 e. The van der Waals surface area contributed by atoms with Crippen molar-refractivity contribution in [1.29, 1.82) is 0 Å². The van der Waals surface area contributed by atoms with Crippen LogP contribution in [0.2, 0.25) is 0 Å². The second-order valence-electron chi connectivity index (χ2n) is 6.25. The molecule has 0 radical (unpaired) electrons. The molecule has 0 spiro atoms. The molecule has 134 valence electrons. The Labute approximate surface area is 150 Å². The highest BCUT2D eigenvalue weighted by Gasteiger charge is 2.53. The summed E-state index contributed by atoms with van der Waals surface area (Å²) in [7, 11) is 0. The largest absolute Gasteiger partial charge is 0.494 e. The highest BCUT2D eigenvalue weighted by molar-refractivity contribution is 8.01. The summed E-state index contributed by atoms with van der Waals surface area (Å²) in [6.07, 6.45) is 1.20. The van der Waals surface area contributed by atoms with Crippen LogP contribution in [0.3, 0.4) is 0 Å². The van der Waals surface area contributed by atoms with Crippen LogP contribution in [0.4, 0.5) is 0 Å². The van der Waals surface area contributed by atoms with Gasteiger partial charge < -0.3 is 14.4 Å². The highest BCUT2D eigenvalue weighted by atomic mass is 32.2. The lowest BCUT2D eigenvalue weighted by Crippen LogP contribution is -2.46. The zero-order chi connectivity index (χ0) is 18.0. The highest BCUT2D eigenvalue weighted by Crippen LogP contribution is 2.47. The standard InChI is InChI=1S/C18H21NO5S/c1-3-23-13-6-4-12(5-7-13)15(20)10-24-17(22)14-11-25-18(2)9-8-16(21)19(14)18/h4-7,14H,3,8-11H2,1-2H3/t14-,18+/m1/s1. The number of carbonyl (C=O) groups excluding carboxylic acids is 3. The molecule has 0 saturated carbocycles. The van der Waals surface area contributed by atoms with E-state index in [2.05, 4.69) is 0 Å². The fourth-order valence-corrected chi connectivity index (χ4v) is 4.63. The van der Waals surface area contributed by atoms with Crippen molar-refractivity contribution in [2.75, 3.05) is 19.0 Å². The minimum atomic E-state index is -0.599. The van der Waals surface area contributed by atoms with Crippen LogP contribution in [0.15, 0.2) is 24.3 Å². The molecule has 7 heteroatoms. The van der Waals surface area contributed by atoms with Gasteiger partial charge in [-0.15, -0.1) is 11.8 Å². The summed E-state index contributed by atoms with van der Waals surface area (Å²) in [5.74, 6) is 0.389. The van der Waals surface area contributed by atoms with E-state index in [0.29, 0.717) is 30.1 Å². The van der Waals surface area contributed by atoms with E-state index in [1.165, 1.54) is 0 Å². The summed E-state index contributed by atoms with van der Waals surface area (Å²) >= 11 is 1.60. The third kappa shape index (κ3) is 3.51. The smallest absolute Gasteiger partial charge is 0.330 e. The van der Waals surface area contributed by atoms with Crippen LogP contribution in [-0.2, 0) is 14.3 Å². The lowest BCUT2D eigenvalue weighted by Gasteiger charge is -2.29. The zero-order valence-corrected chi connectivity index (χ0v) is 15.1. The van der Waals surface area contributed by atoms with Crippen LogP contribution in [-0.4, -0.2) is 52.4 Å². The maximum atomic E-state index is 12.3. The molecule has 2 saturated heterocycles. The van der Waals surface area contributed by atoms with Gasteiger partial charge in [0.1, 0.15) is 11.8 Å². The zero-order valence-electron chi connectivity index (χ0n) is 14.3. The van der Waals surface area contributed by atoms with E-state index < -0.39 is 12.0 Å². The molecule has 0 aromatic heterocycles. The topological polar surface area (TPSA) is 72.9 Å². The number of nitrogens with zero attached hydrogens (tertiary/aromatic N) is 1. The number of fused-ring (bicyclic) bond motifs is 1. The Morgan fingerprint density at radius 2 is 2.04 bits per heavy atom. The Bertz CT molecular complexity index is 689. The first kappa shape index (κ1) is 17.8. The Kier molecular flexibility index (Phi) is 5.03. The summed E-state index contributed by atoms with van der Waals surface area (Å²) < 4.78 is 10.5. The number of Topliss-reactive ketones (excluding diaryl/α,β-unsaturated/α-hetero) is 1. The lowest BCUT2D eigenvalue weighted by atomic mass is 10.1. The molecular weight excluding hydrogens is 342 g/mol. The van der Waals surface area contributed by atoms with Gasteiger partial charge >= 0.3 is 5.97 Å². The van der Waals surface area contributed by atoms with Crippen LogP contribution in [0, 0.1) is 0 Å². The summed E-state index contributed by atoms with van der Waals surface area (Å²) in [6, 6.07) is 6.11. The van der Waals surface area contributed by atoms with Gasteiger partial charge in [0.2, 0.25) is 5.91 Å². The van der Waals surface area contributed by atoms with Crippen molar-refractivity contribution in [3.63, 3.8) is 0 Å². The van der Waals surface area contributed by atoms with E-state index in [1.54, 1.807) is 40.9 Å². The average molecular weight is 363 g/mol. The molecule has 1 amide bonds. The van der Waals surface area contributed by atoms with Crippen molar-refractivity contribution < 1.29 is 23.9 Å². The van der Waals surface area contributed by atoms with E-state index in [-0.39, 0.29) is 23.2 Å². The predicted molar refractivity (Wildman–Crippen MR) is 93.6 cm³/mol. The molecule has 2 aliphatic rings. The van der Waals surface area contributed by atoms with Crippen LogP contribution in [0.25, 0.3) is 0 Å². The Hall–Kier alpha value is -2.02. The van der Waals surface area contributed by atoms with Gasteiger partial charge in [-0.1, -0.05) is 0 Å². The fraction of sp³-hybridized carbons (Fsp3) is 0.500. The number of carbonyl (C=O) groups is 3. The molecule has 0 bridgehead atoms. The molecule has 0 aliphatic carbocycles. The summed E-state index contributed by atoms with van der Waals surface area (Å²) in [5.41, 5.74) is 0.458. The molecule has 2 heterocycles. The number of hydrogen-bond acceptors (Lipinski definition) is 6. The van der Waals surface area contributed by atoms with E-state index in [1.807, 2.05) is 13.8 Å². The number of hydrogen-bond donors (Lipinski definition) is 0. The quantitative estimate of drug-likeness (QED) is 0.570. The molecule has 0 N–H and O–H groups in total. The number of rotatable bonds is 6. The third-order valence-corrected chi connectivity index (χ3v) is 6.05. The van der Waals surface area contributed by atoms with Crippen LogP contribution < -0.4 is 4.74 Å². The van der Waals surface area contributed by atoms with Crippen LogP contribution in [0.5, 0.6) is 5.75 Å². The van der Waals surface area contributed by atoms with Gasteiger partial charge in [0.15, 0.2) is 12.4 Å². The minimum Gasteiger partial charge on any atom is -0.494 e. The molecule has 2 aliphatic heterocycles. The number of esters is 1. The number of ketones is 1. The average Bonchev–Trinajstić information content (AvgIpc) is 3.10. The monoisotopic (exact) mass is 363 g/mol.